The van der Waals surface area contributed by atoms with E-state index in [1.54, 1.807) is 0 Å². The van der Waals surface area contributed by atoms with Crippen LogP contribution < -0.4 is 0 Å². The minimum atomic E-state index is 0.645. The fraction of sp³-hybridized carbons (Fsp3) is 0. The first kappa shape index (κ1) is 31.9. The molecule has 3 heterocycles. The monoisotopic (exact) mass is 714 g/mol. The van der Waals surface area contributed by atoms with Gasteiger partial charge < -0.3 is 4.57 Å². The molecule has 262 valence electrons. The third-order valence-corrected chi connectivity index (χ3v) is 11.0. The second kappa shape index (κ2) is 13.1. The van der Waals surface area contributed by atoms with Crippen molar-refractivity contribution in [3.63, 3.8) is 0 Å². The van der Waals surface area contributed by atoms with Crippen molar-refractivity contribution >= 4 is 43.6 Å². The van der Waals surface area contributed by atoms with Crippen LogP contribution in [0.4, 0.5) is 0 Å². The zero-order chi connectivity index (χ0) is 37.0. The number of aromatic nitrogens is 4. The van der Waals surface area contributed by atoms with Crippen molar-refractivity contribution in [2.75, 3.05) is 0 Å². The highest BCUT2D eigenvalue weighted by atomic mass is 15.1. The lowest BCUT2D eigenvalue weighted by atomic mass is 9.94. The lowest BCUT2D eigenvalue weighted by Crippen LogP contribution is -2.01. The number of benzene rings is 8. The van der Waals surface area contributed by atoms with Gasteiger partial charge in [-0.05, 0) is 93.5 Å². The third kappa shape index (κ3) is 5.23. The Labute approximate surface area is 324 Å². The van der Waals surface area contributed by atoms with Crippen LogP contribution in [0, 0.1) is 0 Å². The van der Waals surface area contributed by atoms with Gasteiger partial charge in [0, 0.05) is 45.2 Å². The predicted molar refractivity (Wildman–Crippen MR) is 232 cm³/mol. The maximum atomic E-state index is 5.02. The smallest absolute Gasteiger partial charge is 0.234 e. The van der Waals surface area contributed by atoms with Gasteiger partial charge in [-0.1, -0.05) is 140 Å². The SMILES string of the molecule is c1ccc(-c2cccc(-c3ccccc3-c3cnc(-n4c5ccccc5c5cc(-c6ccc7c(c6)c6ccccc6n7-c6ccccc6)ccc54)nc3)c2)cc1. The van der Waals surface area contributed by atoms with Gasteiger partial charge in [-0.2, -0.15) is 0 Å². The lowest BCUT2D eigenvalue weighted by Gasteiger charge is -2.12. The Morgan fingerprint density at radius 2 is 0.750 bits per heavy atom. The van der Waals surface area contributed by atoms with Gasteiger partial charge in [0.2, 0.25) is 5.95 Å². The predicted octanol–water partition coefficient (Wildman–Crippen LogP) is 13.3. The molecule has 0 amide bonds. The molecule has 0 bridgehead atoms. The Balaban J connectivity index is 0.989. The molecule has 56 heavy (non-hydrogen) atoms. The van der Waals surface area contributed by atoms with Gasteiger partial charge in [0.1, 0.15) is 0 Å². The molecule has 11 aromatic rings. The highest BCUT2D eigenvalue weighted by Crippen LogP contribution is 2.39. The van der Waals surface area contributed by atoms with Crippen LogP contribution >= 0.6 is 0 Å². The van der Waals surface area contributed by atoms with E-state index in [0.717, 1.165) is 39.0 Å². The summed E-state index contributed by atoms with van der Waals surface area (Å²) in [5.41, 5.74) is 14.8. The van der Waals surface area contributed by atoms with E-state index in [1.165, 1.54) is 54.8 Å². The third-order valence-electron chi connectivity index (χ3n) is 11.0. The molecule has 0 aliphatic heterocycles. The second-order valence-corrected chi connectivity index (χ2v) is 14.3. The van der Waals surface area contributed by atoms with Gasteiger partial charge in [0.15, 0.2) is 0 Å². The Hall–Kier alpha value is -7.56. The molecule has 0 radical (unpaired) electrons. The normalized spacial score (nSPS) is 11.6. The molecule has 8 aromatic carbocycles. The van der Waals surface area contributed by atoms with Crippen molar-refractivity contribution in [2.45, 2.75) is 0 Å². The van der Waals surface area contributed by atoms with E-state index < -0.39 is 0 Å². The zero-order valence-electron chi connectivity index (χ0n) is 30.4. The molecule has 0 saturated carbocycles. The Kier molecular flexibility index (Phi) is 7.46. The lowest BCUT2D eigenvalue weighted by molar-refractivity contribution is 0.990. The highest BCUT2D eigenvalue weighted by Gasteiger charge is 2.17. The maximum Gasteiger partial charge on any atom is 0.234 e. The number of fused-ring (bicyclic) bond motifs is 6. The van der Waals surface area contributed by atoms with E-state index in [9.17, 15) is 0 Å². The van der Waals surface area contributed by atoms with Crippen molar-refractivity contribution < 1.29 is 0 Å². The van der Waals surface area contributed by atoms with Crippen LogP contribution in [0.3, 0.4) is 0 Å². The van der Waals surface area contributed by atoms with Gasteiger partial charge in [0.25, 0.3) is 0 Å². The van der Waals surface area contributed by atoms with Crippen molar-refractivity contribution in [1.82, 2.24) is 19.1 Å². The quantitative estimate of drug-likeness (QED) is 0.172. The van der Waals surface area contributed by atoms with E-state index in [-0.39, 0.29) is 0 Å². The molecule has 4 nitrogen and oxygen atoms in total. The first-order chi connectivity index (χ1) is 27.8. The molecule has 0 aliphatic carbocycles. The molecule has 0 saturated heterocycles. The number of para-hydroxylation sites is 3. The first-order valence-electron chi connectivity index (χ1n) is 19.0. The summed E-state index contributed by atoms with van der Waals surface area (Å²) in [6.07, 6.45) is 3.91. The van der Waals surface area contributed by atoms with Gasteiger partial charge in [-0.25, -0.2) is 9.97 Å². The van der Waals surface area contributed by atoms with Crippen molar-refractivity contribution in [2.24, 2.45) is 0 Å². The topological polar surface area (TPSA) is 35.6 Å². The van der Waals surface area contributed by atoms with Crippen LogP contribution in [0.2, 0.25) is 0 Å². The van der Waals surface area contributed by atoms with E-state index in [2.05, 4.69) is 203 Å². The van der Waals surface area contributed by atoms with Crippen LogP contribution in [0.15, 0.2) is 207 Å². The number of rotatable bonds is 6. The average molecular weight is 715 g/mol. The molecule has 3 aromatic heterocycles. The van der Waals surface area contributed by atoms with Crippen LogP contribution in [-0.2, 0) is 0 Å². The molecular formula is C52H34N4. The first-order valence-corrected chi connectivity index (χ1v) is 19.0. The number of hydrogen-bond acceptors (Lipinski definition) is 2. The van der Waals surface area contributed by atoms with E-state index in [1.807, 2.05) is 12.4 Å². The molecule has 0 unspecified atom stereocenters. The second-order valence-electron chi connectivity index (χ2n) is 14.3. The number of hydrogen-bond donors (Lipinski definition) is 0. The summed E-state index contributed by atoms with van der Waals surface area (Å²) in [5.74, 6) is 0.645. The van der Waals surface area contributed by atoms with Crippen LogP contribution in [-0.4, -0.2) is 19.1 Å². The summed E-state index contributed by atoms with van der Waals surface area (Å²) in [7, 11) is 0. The standard InChI is InChI=1S/C52H34N4/c1-3-14-35(15-4-1)36-16-13-17-39(30-36)42-20-7-8-21-43(42)40-33-53-52(54-34-40)56-49-25-12-10-23-45(49)47-32-38(27-29-51(47)56)37-26-28-50-46(31-37)44-22-9-11-24-48(44)55(50)41-18-5-2-6-19-41/h1-34H. The molecule has 0 aliphatic rings. The van der Waals surface area contributed by atoms with Gasteiger partial charge in [-0.3, -0.25) is 4.57 Å². The van der Waals surface area contributed by atoms with Crippen LogP contribution in [0.5, 0.6) is 0 Å². The van der Waals surface area contributed by atoms with Gasteiger partial charge in [-0.15, -0.1) is 0 Å². The highest BCUT2D eigenvalue weighted by molar-refractivity contribution is 6.12. The summed E-state index contributed by atoms with van der Waals surface area (Å²) in [5, 5.41) is 4.82. The molecule has 4 heteroatoms. The molecule has 0 atom stereocenters. The fourth-order valence-electron chi connectivity index (χ4n) is 8.43. The van der Waals surface area contributed by atoms with E-state index in [0.29, 0.717) is 5.95 Å². The Morgan fingerprint density at radius 1 is 0.286 bits per heavy atom. The van der Waals surface area contributed by atoms with Crippen molar-refractivity contribution in [3.8, 4) is 56.1 Å². The summed E-state index contributed by atoms with van der Waals surface area (Å²) < 4.78 is 4.54. The summed E-state index contributed by atoms with van der Waals surface area (Å²) in [6, 6.07) is 69.2. The summed E-state index contributed by atoms with van der Waals surface area (Å²) in [6.45, 7) is 0. The van der Waals surface area contributed by atoms with Crippen molar-refractivity contribution in [1.29, 1.82) is 0 Å². The zero-order valence-corrected chi connectivity index (χ0v) is 30.4. The minimum Gasteiger partial charge on any atom is -0.309 e. The largest absolute Gasteiger partial charge is 0.309 e. The molecular weight excluding hydrogens is 681 g/mol. The Bertz CT molecular complexity index is 3230. The summed E-state index contributed by atoms with van der Waals surface area (Å²) in [4.78, 5) is 10.0. The fourth-order valence-corrected chi connectivity index (χ4v) is 8.43. The number of nitrogens with zero attached hydrogens (tertiary/aromatic N) is 4. The summed E-state index contributed by atoms with van der Waals surface area (Å²) >= 11 is 0. The average Bonchev–Trinajstić information content (AvgIpc) is 3.79. The van der Waals surface area contributed by atoms with Crippen molar-refractivity contribution in [3.05, 3.63) is 207 Å². The minimum absolute atomic E-state index is 0.645. The van der Waals surface area contributed by atoms with Gasteiger partial charge in [0.05, 0.1) is 22.1 Å². The van der Waals surface area contributed by atoms with Crippen LogP contribution in [0.25, 0.3) is 99.8 Å². The van der Waals surface area contributed by atoms with Gasteiger partial charge >= 0.3 is 0 Å². The maximum absolute atomic E-state index is 5.02. The van der Waals surface area contributed by atoms with E-state index >= 15 is 0 Å². The molecule has 11 rings (SSSR count). The molecule has 0 N–H and O–H groups in total. The molecule has 0 fully saturated rings. The molecule has 0 spiro atoms. The van der Waals surface area contributed by atoms with Crippen LogP contribution in [0.1, 0.15) is 0 Å². The Morgan fingerprint density at radius 3 is 1.41 bits per heavy atom. The van der Waals surface area contributed by atoms with E-state index in [4.69, 9.17) is 9.97 Å².